The number of nitrogens with zero attached hydrogens (tertiary/aromatic N) is 1. The first kappa shape index (κ1) is 23.1. The molecule has 0 atom stereocenters. The van der Waals surface area contributed by atoms with Crippen molar-refractivity contribution < 1.29 is 40.3 Å². The van der Waals surface area contributed by atoms with E-state index in [0.717, 1.165) is 16.7 Å². The number of aromatic nitrogens is 1. The Morgan fingerprint density at radius 2 is 1.66 bits per heavy atom. The van der Waals surface area contributed by atoms with Crippen molar-refractivity contribution in [1.29, 1.82) is 5.41 Å². The molecule has 0 fully saturated rings. The number of benzene rings is 2. The second kappa shape index (κ2) is 8.52. The molecule has 2 N–H and O–H groups in total. The van der Waals surface area contributed by atoms with Crippen LogP contribution in [-0.2, 0) is 23.5 Å². The van der Waals surface area contributed by atoms with Gasteiger partial charge in [0.2, 0.25) is 0 Å². The zero-order valence-electron chi connectivity index (χ0n) is 15.9. The van der Waals surface area contributed by atoms with Crippen LogP contribution < -0.4 is 5.32 Å². The molecule has 0 radical (unpaired) electrons. The molecule has 32 heavy (non-hydrogen) atoms. The molecule has 0 aliphatic carbocycles. The van der Waals surface area contributed by atoms with Crippen LogP contribution >= 0.6 is 0 Å². The highest BCUT2D eigenvalue weighted by Crippen LogP contribution is 2.37. The Kier molecular flexibility index (Phi) is 6.15. The minimum Gasteiger partial charge on any atom is -0.483 e. The summed E-state index contributed by atoms with van der Waals surface area (Å²) in [7, 11) is 0. The van der Waals surface area contributed by atoms with Gasteiger partial charge in [0.1, 0.15) is 5.82 Å². The maximum absolute atomic E-state index is 13.7. The molecule has 5 nitrogen and oxygen atoms in total. The molecule has 3 rings (SSSR count). The molecule has 170 valence electrons. The van der Waals surface area contributed by atoms with Crippen LogP contribution in [0.5, 0.6) is 0 Å². The van der Waals surface area contributed by atoms with Gasteiger partial charge in [-0.3, -0.25) is 9.98 Å². The summed E-state index contributed by atoms with van der Waals surface area (Å²) in [5.41, 5.74) is -3.26. The van der Waals surface area contributed by atoms with Gasteiger partial charge in [0.15, 0.2) is 6.40 Å². The largest absolute Gasteiger partial charge is 0.483 e. The molecule has 2 aromatic carbocycles. The first-order chi connectivity index (χ1) is 14.9. The second-order valence-electron chi connectivity index (χ2n) is 6.65. The summed E-state index contributed by atoms with van der Waals surface area (Å²) in [4.78, 5) is 12.7. The van der Waals surface area contributed by atoms with E-state index in [-0.39, 0.29) is 24.6 Å². The minimum absolute atomic E-state index is 0.0311. The van der Waals surface area contributed by atoms with E-state index >= 15 is 0 Å². The van der Waals surface area contributed by atoms with Gasteiger partial charge in [-0.15, -0.1) is 0 Å². The maximum Gasteiger partial charge on any atom is 0.416 e. The number of fused-ring (bicyclic) bond motifs is 1. The van der Waals surface area contributed by atoms with Gasteiger partial charge in [-0.25, -0.2) is 9.18 Å². The number of rotatable bonds is 5. The molecule has 0 bridgehead atoms. The van der Waals surface area contributed by atoms with E-state index in [0.29, 0.717) is 29.5 Å². The van der Waals surface area contributed by atoms with E-state index in [1.165, 1.54) is 12.3 Å². The normalized spacial score (nSPS) is 12.1. The van der Waals surface area contributed by atoms with Crippen LogP contribution in [0, 0.1) is 11.2 Å². The van der Waals surface area contributed by atoms with E-state index < -0.39 is 41.0 Å². The predicted octanol–water partition coefficient (Wildman–Crippen LogP) is 6.06. The number of alkyl halides is 6. The Morgan fingerprint density at radius 1 is 1.03 bits per heavy atom. The molecule has 0 saturated carbocycles. The first-order valence-corrected chi connectivity index (χ1v) is 8.91. The fraction of sp³-hybridized carbons (Fsp3) is 0.200. The lowest BCUT2D eigenvalue weighted by Crippen LogP contribution is -2.20. The molecule has 0 aliphatic rings. The Balaban J connectivity index is 2.01. The molecule has 12 heteroatoms. The summed E-state index contributed by atoms with van der Waals surface area (Å²) in [5.74, 6) is -0.613. The average molecular weight is 461 g/mol. The van der Waals surface area contributed by atoms with Crippen molar-refractivity contribution in [1.82, 2.24) is 4.57 Å². The van der Waals surface area contributed by atoms with Crippen LogP contribution in [0.3, 0.4) is 0 Å². The Hall–Kier alpha value is -3.57. The number of hydrogen-bond acceptors (Lipinski definition) is 3. The van der Waals surface area contributed by atoms with Crippen molar-refractivity contribution in [2.24, 2.45) is 0 Å². The van der Waals surface area contributed by atoms with E-state index in [1.54, 1.807) is 0 Å². The fourth-order valence-corrected chi connectivity index (χ4v) is 3.08. The summed E-state index contributed by atoms with van der Waals surface area (Å²) < 4.78 is 97.7. The van der Waals surface area contributed by atoms with Crippen LogP contribution in [0.15, 0.2) is 42.6 Å². The highest BCUT2D eigenvalue weighted by molar-refractivity contribution is 5.99. The average Bonchev–Trinajstić information content (AvgIpc) is 3.04. The summed E-state index contributed by atoms with van der Waals surface area (Å²) >= 11 is 0. The summed E-state index contributed by atoms with van der Waals surface area (Å²) in [5, 5.41) is 9.18. The minimum atomic E-state index is -5.07. The van der Waals surface area contributed by atoms with Crippen molar-refractivity contribution in [2.45, 2.75) is 18.8 Å². The van der Waals surface area contributed by atoms with E-state index in [4.69, 9.17) is 10.1 Å². The highest BCUT2D eigenvalue weighted by Gasteiger charge is 2.37. The summed E-state index contributed by atoms with van der Waals surface area (Å²) in [6.45, 7) is 0.0311. The second-order valence-corrected chi connectivity index (χ2v) is 6.65. The molecule has 0 spiro atoms. The topological polar surface area (TPSA) is 67.1 Å². The standard InChI is InChI=1S/C20H14F7N3O2/c21-14-1-2-17-16(8-14)11(3-4-32-10-28)9-30(17)18(31)29-15-6-12(19(22,23)24)5-13(7-15)20(25,26)27/h1-2,5-10,28H,3-4H2,(H,29,31). The van der Waals surface area contributed by atoms with Crippen LogP contribution in [0.4, 0.5) is 41.2 Å². The molecule has 1 aromatic heterocycles. The van der Waals surface area contributed by atoms with Crippen molar-refractivity contribution >= 4 is 29.0 Å². The van der Waals surface area contributed by atoms with Crippen molar-refractivity contribution in [3.05, 3.63) is 65.1 Å². The Labute approximate surface area is 175 Å². The van der Waals surface area contributed by atoms with Gasteiger partial charge in [-0.05, 0) is 42.0 Å². The van der Waals surface area contributed by atoms with Crippen molar-refractivity contribution in [3.63, 3.8) is 0 Å². The summed E-state index contributed by atoms with van der Waals surface area (Å²) in [6, 6.07) is 3.10. The number of nitrogens with one attached hydrogen (secondary N) is 2. The van der Waals surface area contributed by atoms with E-state index in [9.17, 15) is 35.5 Å². The molecule has 1 amide bonds. The van der Waals surface area contributed by atoms with Gasteiger partial charge < -0.3 is 10.1 Å². The van der Waals surface area contributed by atoms with Crippen LogP contribution in [0.25, 0.3) is 10.9 Å². The van der Waals surface area contributed by atoms with Gasteiger partial charge in [-0.1, -0.05) is 0 Å². The van der Waals surface area contributed by atoms with Gasteiger partial charge in [-0.2, -0.15) is 26.3 Å². The monoisotopic (exact) mass is 461 g/mol. The van der Waals surface area contributed by atoms with E-state index in [1.807, 2.05) is 5.32 Å². The number of halogens is 7. The SMILES string of the molecule is N=COCCc1cn(C(=O)Nc2cc(C(F)(F)F)cc(C(F)(F)F)c2)c2ccc(F)cc12. The third kappa shape index (κ3) is 5.01. The van der Waals surface area contributed by atoms with Crippen molar-refractivity contribution in [2.75, 3.05) is 11.9 Å². The zero-order chi connectivity index (χ0) is 23.7. The van der Waals surface area contributed by atoms with Gasteiger partial charge in [0.25, 0.3) is 0 Å². The zero-order valence-corrected chi connectivity index (χ0v) is 15.9. The molecular weight excluding hydrogens is 447 g/mol. The third-order valence-corrected chi connectivity index (χ3v) is 4.48. The lowest BCUT2D eigenvalue weighted by atomic mass is 10.1. The number of anilines is 1. The molecule has 1 heterocycles. The smallest absolute Gasteiger partial charge is 0.416 e. The van der Waals surface area contributed by atoms with Gasteiger partial charge >= 0.3 is 18.4 Å². The lowest BCUT2D eigenvalue weighted by molar-refractivity contribution is -0.143. The number of carbonyl (C=O) groups excluding carboxylic acids is 1. The molecule has 3 aromatic rings. The number of amides is 1. The highest BCUT2D eigenvalue weighted by atomic mass is 19.4. The van der Waals surface area contributed by atoms with Crippen LogP contribution in [0.1, 0.15) is 16.7 Å². The Bertz CT molecular complexity index is 1130. The fourth-order valence-electron chi connectivity index (χ4n) is 3.08. The lowest BCUT2D eigenvalue weighted by Gasteiger charge is -2.15. The number of ether oxygens (including phenoxy) is 1. The number of carbonyl (C=O) groups is 1. The van der Waals surface area contributed by atoms with Gasteiger partial charge in [0.05, 0.1) is 23.3 Å². The molecule has 0 unspecified atom stereocenters. The van der Waals surface area contributed by atoms with Crippen LogP contribution in [0.2, 0.25) is 0 Å². The maximum atomic E-state index is 13.7. The molecule has 0 aliphatic heterocycles. The quantitative estimate of drug-likeness (QED) is 0.210. The number of hydrogen-bond donors (Lipinski definition) is 2. The van der Waals surface area contributed by atoms with E-state index in [2.05, 4.69) is 0 Å². The van der Waals surface area contributed by atoms with Crippen LogP contribution in [-0.4, -0.2) is 23.6 Å². The Morgan fingerprint density at radius 3 is 2.22 bits per heavy atom. The summed E-state index contributed by atoms with van der Waals surface area (Å²) in [6.07, 6.45) is -8.01. The molecular formula is C20H14F7N3O2. The third-order valence-electron chi connectivity index (χ3n) is 4.48. The van der Waals surface area contributed by atoms with Crippen molar-refractivity contribution in [3.8, 4) is 0 Å². The van der Waals surface area contributed by atoms with Gasteiger partial charge in [0, 0.05) is 23.7 Å². The molecule has 0 saturated heterocycles. The first-order valence-electron chi connectivity index (χ1n) is 8.91. The predicted molar refractivity (Wildman–Crippen MR) is 101 cm³/mol.